The van der Waals surface area contributed by atoms with Crippen LogP contribution in [0.25, 0.3) is 10.9 Å². The molecule has 1 N–H and O–H groups in total. The quantitative estimate of drug-likeness (QED) is 0.780. The Morgan fingerprint density at radius 2 is 2.00 bits per heavy atom. The van der Waals surface area contributed by atoms with Gasteiger partial charge in [-0.2, -0.15) is 5.10 Å². The first-order chi connectivity index (χ1) is 10.2. The van der Waals surface area contributed by atoms with Crippen molar-refractivity contribution >= 4 is 16.6 Å². The Bertz CT molecular complexity index is 777. The SMILES string of the molecule is CCn1nc(CNc2cc(C)ccc2F)c2ccccc21. The summed E-state index contributed by atoms with van der Waals surface area (Å²) in [5.74, 6) is -0.236. The second-order valence-electron chi connectivity index (χ2n) is 5.12. The molecule has 3 aromatic rings. The lowest BCUT2D eigenvalue weighted by molar-refractivity contribution is 0.629. The number of fused-ring (bicyclic) bond motifs is 1. The summed E-state index contributed by atoms with van der Waals surface area (Å²) in [6, 6.07) is 13.2. The number of anilines is 1. The zero-order valence-electron chi connectivity index (χ0n) is 12.2. The summed E-state index contributed by atoms with van der Waals surface area (Å²) in [5, 5.41) is 8.87. The number of para-hydroxylation sites is 1. The van der Waals surface area contributed by atoms with Crippen molar-refractivity contribution in [2.24, 2.45) is 0 Å². The van der Waals surface area contributed by atoms with Gasteiger partial charge in [0.25, 0.3) is 0 Å². The molecule has 0 saturated carbocycles. The Morgan fingerprint density at radius 1 is 1.19 bits per heavy atom. The normalized spacial score (nSPS) is 11.0. The first-order valence-corrected chi connectivity index (χ1v) is 7.13. The molecule has 3 rings (SSSR count). The standard InChI is InChI=1S/C17H18FN3/c1-3-21-17-7-5-4-6-13(17)16(20-21)11-19-15-10-12(2)8-9-14(15)18/h4-10,19H,3,11H2,1-2H3. The molecule has 4 heteroatoms. The fourth-order valence-electron chi connectivity index (χ4n) is 2.52. The molecular formula is C17H18FN3. The molecule has 0 aliphatic rings. The first-order valence-electron chi connectivity index (χ1n) is 7.13. The maximum Gasteiger partial charge on any atom is 0.146 e. The molecule has 108 valence electrons. The Balaban J connectivity index is 1.90. The number of nitrogens with zero attached hydrogens (tertiary/aromatic N) is 2. The predicted octanol–water partition coefficient (Wildman–Crippen LogP) is 4.12. The lowest BCUT2D eigenvalue weighted by atomic mass is 10.2. The van der Waals surface area contributed by atoms with Crippen molar-refractivity contribution in [3.05, 3.63) is 59.5 Å². The molecule has 21 heavy (non-hydrogen) atoms. The van der Waals surface area contributed by atoms with Gasteiger partial charge in [-0.3, -0.25) is 4.68 Å². The fraction of sp³-hybridized carbons (Fsp3) is 0.235. The predicted molar refractivity (Wildman–Crippen MR) is 83.9 cm³/mol. The van der Waals surface area contributed by atoms with Gasteiger partial charge >= 0.3 is 0 Å². The third-order valence-corrected chi connectivity index (χ3v) is 3.60. The number of halogens is 1. The highest BCUT2D eigenvalue weighted by Gasteiger charge is 2.09. The second-order valence-corrected chi connectivity index (χ2v) is 5.12. The van der Waals surface area contributed by atoms with Crippen molar-refractivity contribution in [1.82, 2.24) is 9.78 Å². The topological polar surface area (TPSA) is 29.9 Å². The zero-order valence-corrected chi connectivity index (χ0v) is 12.2. The van der Waals surface area contributed by atoms with Gasteiger partial charge in [-0.05, 0) is 37.6 Å². The molecule has 0 fully saturated rings. The van der Waals surface area contributed by atoms with Crippen LogP contribution in [-0.4, -0.2) is 9.78 Å². The van der Waals surface area contributed by atoms with Crippen LogP contribution in [0.1, 0.15) is 18.2 Å². The van der Waals surface area contributed by atoms with Gasteiger partial charge in [0.2, 0.25) is 0 Å². The van der Waals surface area contributed by atoms with E-state index in [0.717, 1.165) is 28.7 Å². The van der Waals surface area contributed by atoms with Crippen LogP contribution < -0.4 is 5.32 Å². The summed E-state index contributed by atoms with van der Waals surface area (Å²) in [6.45, 7) is 5.34. The Kier molecular flexibility index (Phi) is 3.60. The molecule has 0 aliphatic heterocycles. The van der Waals surface area contributed by atoms with E-state index in [1.807, 2.05) is 29.8 Å². The molecule has 2 aromatic carbocycles. The van der Waals surface area contributed by atoms with E-state index in [2.05, 4.69) is 29.5 Å². The van der Waals surface area contributed by atoms with Gasteiger partial charge in [0.15, 0.2) is 0 Å². The van der Waals surface area contributed by atoms with Crippen LogP contribution in [0.4, 0.5) is 10.1 Å². The van der Waals surface area contributed by atoms with E-state index < -0.39 is 0 Å². The lowest BCUT2D eigenvalue weighted by Gasteiger charge is -2.07. The van der Waals surface area contributed by atoms with Gasteiger partial charge in [0.1, 0.15) is 5.82 Å². The van der Waals surface area contributed by atoms with Crippen LogP contribution in [0, 0.1) is 12.7 Å². The summed E-state index contributed by atoms with van der Waals surface area (Å²) in [7, 11) is 0. The van der Waals surface area contributed by atoms with Gasteiger partial charge in [0.05, 0.1) is 23.4 Å². The number of rotatable bonds is 4. The smallest absolute Gasteiger partial charge is 0.146 e. The number of benzene rings is 2. The van der Waals surface area contributed by atoms with Crippen molar-refractivity contribution in [3.63, 3.8) is 0 Å². The molecule has 0 bridgehead atoms. The van der Waals surface area contributed by atoms with Crippen molar-refractivity contribution < 1.29 is 4.39 Å². The molecule has 1 heterocycles. The Hall–Kier alpha value is -2.36. The molecule has 0 unspecified atom stereocenters. The van der Waals surface area contributed by atoms with E-state index in [0.29, 0.717) is 12.2 Å². The molecule has 3 nitrogen and oxygen atoms in total. The molecule has 0 radical (unpaired) electrons. The van der Waals surface area contributed by atoms with Gasteiger partial charge in [-0.15, -0.1) is 0 Å². The third kappa shape index (κ3) is 2.61. The summed E-state index contributed by atoms with van der Waals surface area (Å²) in [5.41, 5.74) is 3.60. The molecule has 0 amide bonds. The molecule has 0 atom stereocenters. The summed E-state index contributed by atoms with van der Waals surface area (Å²) < 4.78 is 15.7. The molecule has 0 spiro atoms. The van der Waals surface area contributed by atoms with Crippen molar-refractivity contribution in [2.45, 2.75) is 26.9 Å². The monoisotopic (exact) mass is 283 g/mol. The average Bonchev–Trinajstić information content (AvgIpc) is 2.86. The first kappa shape index (κ1) is 13.6. The highest BCUT2D eigenvalue weighted by Crippen LogP contribution is 2.21. The summed E-state index contributed by atoms with van der Waals surface area (Å²) in [6.07, 6.45) is 0. The van der Waals surface area contributed by atoms with Crippen LogP contribution in [0.2, 0.25) is 0 Å². The molecular weight excluding hydrogens is 265 g/mol. The maximum absolute atomic E-state index is 13.8. The van der Waals surface area contributed by atoms with Crippen molar-refractivity contribution in [2.75, 3.05) is 5.32 Å². The van der Waals surface area contributed by atoms with E-state index in [-0.39, 0.29) is 5.82 Å². The number of hydrogen-bond donors (Lipinski definition) is 1. The lowest BCUT2D eigenvalue weighted by Crippen LogP contribution is -2.04. The van der Waals surface area contributed by atoms with Crippen LogP contribution >= 0.6 is 0 Å². The third-order valence-electron chi connectivity index (χ3n) is 3.60. The minimum absolute atomic E-state index is 0.236. The van der Waals surface area contributed by atoms with E-state index >= 15 is 0 Å². The minimum Gasteiger partial charge on any atom is -0.377 e. The Morgan fingerprint density at radius 3 is 2.81 bits per heavy atom. The van der Waals surface area contributed by atoms with Gasteiger partial charge in [-0.25, -0.2) is 4.39 Å². The zero-order chi connectivity index (χ0) is 14.8. The van der Waals surface area contributed by atoms with Crippen molar-refractivity contribution in [3.8, 4) is 0 Å². The minimum atomic E-state index is -0.236. The van der Waals surface area contributed by atoms with Crippen LogP contribution in [0.5, 0.6) is 0 Å². The Labute approximate surface area is 123 Å². The van der Waals surface area contributed by atoms with Gasteiger partial charge < -0.3 is 5.32 Å². The number of nitrogens with one attached hydrogen (secondary N) is 1. The van der Waals surface area contributed by atoms with E-state index in [1.165, 1.54) is 6.07 Å². The fourth-order valence-corrected chi connectivity index (χ4v) is 2.52. The summed E-state index contributed by atoms with van der Waals surface area (Å²) in [4.78, 5) is 0. The van der Waals surface area contributed by atoms with Crippen LogP contribution in [0.15, 0.2) is 42.5 Å². The largest absolute Gasteiger partial charge is 0.377 e. The average molecular weight is 283 g/mol. The second kappa shape index (κ2) is 5.56. The van der Waals surface area contributed by atoms with E-state index in [9.17, 15) is 4.39 Å². The van der Waals surface area contributed by atoms with Crippen LogP contribution in [0.3, 0.4) is 0 Å². The van der Waals surface area contributed by atoms with E-state index in [4.69, 9.17) is 0 Å². The van der Waals surface area contributed by atoms with Gasteiger partial charge in [0, 0.05) is 11.9 Å². The molecule has 0 saturated heterocycles. The van der Waals surface area contributed by atoms with Gasteiger partial charge in [-0.1, -0.05) is 24.3 Å². The van der Waals surface area contributed by atoms with Crippen LogP contribution in [-0.2, 0) is 13.1 Å². The highest BCUT2D eigenvalue weighted by atomic mass is 19.1. The highest BCUT2D eigenvalue weighted by molar-refractivity contribution is 5.82. The molecule has 1 aromatic heterocycles. The number of hydrogen-bond acceptors (Lipinski definition) is 2. The number of aryl methyl sites for hydroxylation is 2. The van der Waals surface area contributed by atoms with E-state index in [1.54, 1.807) is 6.07 Å². The summed E-state index contributed by atoms with van der Waals surface area (Å²) >= 11 is 0. The van der Waals surface area contributed by atoms with Crippen molar-refractivity contribution in [1.29, 1.82) is 0 Å². The maximum atomic E-state index is 13.8. The molecule has 0 aliphatic carbocycles. The number of aromatic nitrogens is 2.